The highest BCUT2D eigenvalue weighted by Gasteiger charge is 2.32. The lowest BCUT2D eigenvalue weighted by Gasteiger charge is -2.26. The third-order valence-corrected chi connectivity index (χ3v) is 2.57. The Labute approximate surface area is 96.9 Å². The zero-order chi connectivity index (χ0) is 12.3. The highest BCUT2D eigenvalue weighted by atomic mass is 19.4. The van der Waals surface area contributed by atoms with Gasteiger partial charge in [0, 0.05) is 32.4 Å². The van der Waals surface area contributed by atoms with Crippen LogP contribution >= 0.6 is 0 Å². The Morgan fingerprint density at radius 1 is 1.29 bits per heavy atom. The number of nitrogens with one attached hydrogen (secondary N) is 1. The van der Waals surface area contributed by atoms with Crippen LogP contribution in [0.5, 0.6) is 0 Å². The van der Waals surface area contributed by atoms with Gasteiger partial charge in [-0.05, 0) is 6.07 Å². The topological polar surface area (TPSA) is 41.1 Å². The fourth-order valence-corrected chi connectivity index (χ4v) is 1.70. The van der Waals surface area contributed by atoms with Crippen LogP contribution in [-0.4, -0.2) is 41.0 Å². The molecule has 17 heavy (non-hydrogen) atoms. The largest absolute Gasteiger partial charge is 0.433 e. The van der Waals surface area contributed by atoms with Crippen LogP contribution in [0.25, 0.3) is 0 Å². The van der Waals surface area contributed by atoms with Gasteiger partial charge in [-0.15, -0.1) is 0 Å². The molecule has 0 radical (unpaired) electrons. The fraction of sp³-hybridized carbons (Fsp3) is 0.600. The van der Waals surface area contributed by atoms with Gasteiger partial charge in [0.2, 0.25) is 0 Å². The number of piperazine rings is 1. The van der Waals surface area contributed by atoms with Crippen molar-refractivity contribution in [1.29, 1.82) is 0 Å². The van der Waals surface area contributed by atoms with E-state index in [-0.39, 0.29) is 5.82 Å². The van der Waals surface area contributed by atoms with Gasteiger partial charge >= 0.3 is 6.18 Å². The summed E-state index contributed by atoms with van der Waals surface area (Å²) >= 11 is 0. The van der Waals surface area contributed by atoms with Gasteiger partial charge < -0.3 is 5.32 Å². The molecule has 1 aromatic rings. The van der Waals surface area contributed by atoms with E-state index in [0.29, 0.717) is 6.54 Å². The maximum Gasteiger partial charge on any atom is 0.433 e. The van der Waals surface area contributed by atoms with Crippen LogP contribution in [0.15, 0.2) is 12.3 Å². The van der Waals surface area contributed by atoms with E-state index in [4.69, 9.17) is 0 Å². The molecule has 0 unspecified atom stereocenters. The molecule has 1 aliphatic rings. The van der Waals surface area contributed by atoms with Crippen LogP contribution in [0.2, 0.25) is 0 Å². The van der Waals surface area contributed by atoms with Crippen molar-refractivity contribution in [2.45, 2.75) is 12.7 Å². The van der Waals surface area contributed by atoms with Crippen molar-refractivity contribution in [2.75, 3.05) is 26.2 Å². The molecule has 1 saturated heterocycles. The first kappa shape index (κ1) is 12.3. The Bertz CT molecular complexity index is 374. The summed E-state index contributed by atoms with van der Waals surface area (Å²) in [6.45, 7) is 3.67. The molecule has 1 aromatic heterocycles. The average Bonchev–Trinajstić information content (AvgIpc) is 2.29. The molecule has 7 heteroatoms. The molecule has 0 atom stereocenters. The Morgan fingerprint density at radius 3 is 2.65 bits per heavy atom. The molecule has 4 nitrogen and oxygen atoms in total. The molecule has 0 saturated carbocycles. The lowest BCUT2D eigenvalue weighted by atomic mass is 10.3. The average molecular weight is 246 g/mol. The summed E-state index contributed by atoms with van der Waals surface area (Å²) in [5, 5.41) is 3.17. The van der Waals surface area contributed by atoms with E-state index in [1.54, 1.807) is 0 Å². The van der Waals surface area contributed by atoms with Crippen LogP contribution in [0.4, 0.5) is 13.2 Å². The molecule has 1 fully saturated rings. The zero-order valence-corrected chi connectivity index (χ0v) is 9.17. The first-order chi connectivity index (χ1) is 8.05. The number of halogens is 3. The van der Waals surface area contributed by atoms with Crippen LogP contribution in [-0.2, 0) is 12.7 Å². The van der Waals surface area contributed by atoms with Gasteiger partial charge in [-0.3, -0.25) is 4.90 Å². The van der Waals surface area contributed by atoms with Crippen molar-refractivity contribution in [1.82, 2.24) is 20.2 Å². The Kier molecular flexibility index (Phi) is 3.58. The van der Waals surface area contributed by atoms with E-state index < -0.39 is 11.9 Å². The molecule has 2 heterocycles. The van der Waals surface area contributed by atoms with Crippen molar-refractivity contribution in [2.24, 2.45) is 0 Å². The summed E-state index contributed by atoms with van der Waals surface area (Å²) in [4.78, 5) is 9.45. The quantitative estimate of drug-likeness (QED) is 0.841. The Morgan fingerprint density at radius 2 is 2.00 bits per heavy atom. The van der Waals surface area contributed by atoms with Crippen LogP contribution < -0.4 is 5.32 Å². The van der Waals surface area contributed by atoms with Crippen LogP contribution in [0.1, 0.15) is 11.5 Å². The molecule has 0 spiro atoms. The van der Waals surface area contributed by atoms with Crippen LogP contribution in [0.3, 0.4) is 0 Å². The second kappa shape index (κ2) is 4.97. The van der Waals surface area contributed by atoms with Crippen molar-refractivity contribution >= 4 is 0 Å². The van der Waals surface area contributed by atoms with Crippen molar-refractivity contribution in [3.63, 3.8) is 0 Å². The van der Waals surface area contributed by atoms with Crippen molar-refractivity contribution in [3.8, 4) is 0 Å². The van der Waals surface area contributed by atoms with Gasteiger partial charge in [-0.2, -0.15) is 13.2 Å². The predicted molar refractivity (Wildman–Crippen MR) is 55.2 cm³/mol. The minimum Gasteiger partial charge on any atom is -0.314 e. The second-order valence-electron chi connectivity index (χ2n) is 3.88. The van der Waals surface area contributed by atoms with E-state index in [2.05, 4.69) is 15.3 Å². The molecule has 0 aromatic carbocycles. The van der Waals surface area contributed by atoms with Gasteiger partial charge in [0.05, 0.1) is 6.54 Å². The Balaban J connectivity index is 2.05. The third kappa shape index (κ3) is 3.37. The number of aromatic nitrogens is 2. The number of hydrogen-bond donors (Lipinski definition) is 1. The first-order valence-electron chi connectivity index (χ1n) is 5.38. The SMILES string of the molecule is FC(F)(F)c1ccnc(CN2CCNCC2)n1. The first-order valence-corrected chi connectivity index (χ1v) is 5.38. The van der Waals surface area contributed by atoms with Gasteiger partial charge in [0.1, 0.15) is 11.5 Å². The lowest BCUT2D eigenvalue weighted by molar-refractivity contribution is -0.141. The van der Waals surface area contributed by atoms with E-state index in [0.717, 1.165) is 38.4 Å². The van der Waals surface area contributed by atoms with Crippen molar-refractivity contribution in [3.05, 3.63) is 23.8 Å². The Hall–Kier alpha value is -1.21. The van der Waals surface area contributed by atoms with E-state index in [1.165, 1.54) is 0 Å². The standard InChI is InChI=1S/C10H13F3N4/c11-10(12,13)8-1-2-15-9(16-8)7-17-5-3-14-4-6-17/h1-2,14H,3-7H2. The highest BCUT2D eigenvalue weighted by molar-refractivity contribution is 5.06. The van der Waals surface area contributed by atoms with E-state index in [9.17, 15) is 13.2 Å². The maximum absolute atomic E-state index is 12.4. The number of nitrogens with zero attached hydrogens (tertiary/aromatic N) is 3. The van der Waals surface area contributed by atoms with Gasteiger partial charge in [-0.1, -0.05) is 0 Å². The second-order valence-corrected chi connectivity index (χ2v) is 3.88. The van der Waals surface area contributed by atoms with Gasteiger partial charge in [0.15, 0.2) is 0 Å². The van der Waals surface area contributed by atoms with E-state index in [1.807, 2.05) is 4.90 Å². The number of alkyl halides is 3. The number of rotatable bonds is 2. The minimum absolute atomic E-state index is 0.224. The molecule has 0 amide bonds. The highest BCUT2D eigenvalue weighted by Crippen LogP contribution is 2.27. The minimum atomic E-state index is -4.40. The molecular formula is C10H13F3N4. The smallest absolute Gasteiger partial charge is 0.314 e. The summed E-state index contributed by atoms with van der Waals surface area (Å²) < 4.78 is 37.3. The normalized spacial score (nSPS) is 18.3. The maximum atomic E-state index is 12.4. The third-order valence-electron chi connectivity index (χ3n) is 2.57. The lowest BCUT2D eigenvalue weighted by Crippen LogP contribution is -2.43. The zero-order valence-electron chi connectivity index (χ0n) is 9.17. The number of hydrogen-bond acceptors (Lipinski definition) is 4. The summed E-state index contributed by atoms with van der Waals surface area (Å²) in [6, 6.07) is 0.890. The molecular weight excluding hydrogens is 233 g/mol. The van der Waals surface area contributed by atoms with Crippen LogP contribution in [0, 0.1) is 0 Å². The predicted octanol–water partition coefficient (Wildman–Crippen LogP) is 0.901. The summed E-state index contributed by atoms with van der Waals surface area (Å²) in [5.41, 5.74) is -0.877. The van der Waals surface area contributed by atoms with Crippen molar-refractivity contribution < 1.29 is 13.2 Å². The van der Waals surface area contributed by atoms with E-state index >= 15 is 0 Å². The molecule has 0 bridgehead atoms. The fourth-order valence-electron chi connectivity index (χ4n) is 1.70. The molecule has 1 N–H and O–H groups in total. The summed E-state index contributed by atoms with van der Waals surface area (Å²) in [7, 11) is 0. The molecule has 0 aliphatic carbocycles. The summed E-state index contributed by atoms with van der Waals surface area (Å²) in [5.74, 6) is 0.224. The molecule has 94 valence electrons. The monoisotopic (exact) mass is 246 g/mol. The van der Waals surface area contributed by atoms with Gasteiger partial charge in [0.25, 0.3) is 0 Å². The summed E-state index contributed by atoms with van der Waals surface area (Å²) in [6.07, 6.45) is -3.24. The molecule has 1 aliphatic heterocycles. The van der Waals surface area contributed by atoms with Gasteiger partial charge in [-0.25, -0.2) is 9.97 Å². The molecule has 2 rings (SSSR count).